The Morgan fingerprint density at radius 1 is 1.11 bits per heavy atom. The molecule has 98 valence electrons. The number of anilines is 1. The highest BCUT2D eigenvalue weighted by molar-refractivity contribution is 6.30. The summed E-state index contributed by atoms with van der Waals surface area (Å²) >= 11 is 5.82. The van der Waals surface area contributed by atoms with Crippen LogP contribution in [0.2, 0.25) is 5.02 Å². The molecule has 19 heavy (non-hydrogen) atoms. The van der Waals surface area contributed by atoms with Gasteiger partial charge in [0, 0.05) is 17.3 Å². The number of nitrogens with one attached hydrogen (secondary N) is 1. The van der Waals surface area contributed by atoms with Crippen LogP contribution in [0, 0.1) is 0 Å². The Kier molecular flexibility index (Phi) is 4.42. The van der Waals surface area contributed by atoms with Crippen molar-refractivity contribution in [1.82, 2.24) is 0 Å². The largest absolute Gasteiger partial charge is 0.478 e. The molecule has 0 aromatic heterocycles. The SMILES string of the molecule is O=C(O)c1ccccc1NCCc1ccc(Cl)cc1. The number of rotatable bonds is 5. The van der Waals surface area contributed by atoms with E-state index in [9.17, 15) is 4.79 Å². The van der Waals surface area contributed by atoms with Gasteiger partial charge in [0.1, 0.15) is 0 Å². The quantitative estimate of drug-likeness (QED) is 0.875. The predicted molar refractivity (Wildman–Crippen MR) is 77.0 cm³/mol. The van der Waals surface area contributed by atoms with Crippen LogP contribution in [0.3, 0.4) is 0 Å². The fourth-order valence-corrected chi connectivity index (χ4v) is 1.94. The first kappa shape index (κ1) is 13.4. The van der Waals surface area contributed by atoms with Crippen molar-refractivity contribution in [1.29, 1.82) is 0 Å². The maximum atomic E-state index is 11.0. The first-order chi connectivity index (χ1) is 9.16. The summed E-state index contributed by atoms with van der Waals surface area (Å²) in [6.07, 6.45) is 0.811. The Balaban J connectivity index is 1.96. The number of benzene rings is 2. The summed E-state index contributed by atoms with van der Waals surface area (Å²) in [5, 5.41) is 12.9. The third-order valence-corrected chi connectivity index (χ3v) is 3.05. The molecule has 0 fully saturated rings. The molecule has 0 aliphatic heterocycles. The van der Waals surface area contributed by atoms with E-state index in [1.807, 2.05) is 30.3 Å². The molecule has 2 N–H and O–H groups in total. The van der Waals surface area contributed by atoms with Crippen molar-refractivity contribution in [2.24, 2.45) is 0 Å². The van der Waals surface area contributed by atoms with Crippen molar-refractivity contribution in [2.45, 2.75) is 6.42 Å². The molecule has 2 aromatic carbocycles. The lowest BCUT2D eigenvalue weighted by molar-refractivity contribution is 0.0698. The standard InChI is InChI=1S/C15H14ClNO2/c16-12-7-5-11(6-8-12)9-10-17-14-4-2-1-3-13(14)15(18)19/h1-8,17H,9-10H2,(H,18,19). The second kappa shape index (κ2) is 6.25. The lowest BCUT2D eigenvalue weighted by Gasteiger charge is -2.09. The van der Waals surface area contributed by atoms with E-state index in [1.54, 1.807) is 18.2 Å². The summed E-state index contributed by atoms with van der Waals surface area (Å²) in [6, 6.07) is 14.5. The fourth-order valence-electron chi connectivity index (χ4n) is 1.82. The highest BCUT2D eigenvalue weighted by atomic mass is 35.5. The van der Waals surface area contributed by atoms with Crippen molar-refractivity contribution in [3.05, 3.63) is 64.7 Å². The van der Waals surface area contributed by atoms with Crippen molar-refractivity contribution in [3.63, 3.8) is 0 Å². The summed E-state index contributed by atoms with van der Waals surface area (Å²) in [6.45, 7) is 0.673. The molecule has 3 nitrogen and oxygen atoms in total. The molecule has 2 rings (SSSR count). The van der Waals surface area contributed by atoms with Crippen LogP contribution in [0.1, 0.15) is 15.9 Å². The molecule has 0 amide bonds. The van der Waals surface area contributed by atoms with E-state index in [4.69, 9.17) is 16.7 Å². The lowest BCUT2D eigenvalue weighted by atomic mass is 10.1. The number of carboxylic acids is 1. The van der Waals surface area contributed by atoms with E-state index in [0.717, 1.165) is 12.0 Å². The van der Waals surface area contributed by atoms with Crippen molar-refractivity contribution < 1.29 is 9.90 Å². The normalized spacial score (nSPS) is 10.2. The molecule has 0 atom stereocenters. The van der Waals surface area contributed by atoms with Gasteiger partial charge < -0.3 is 10.4 Å². The Morgan fingerprint density at radius 3 is 2.47 bits per heavy atom. The van der Waals surface area contributed by atoms with Gasteiger partial charge >= 0.3 is 5.97 Å². The number of carboxylic acid groups (broad SMARTS) is 1. The summed E-state index contributed by atoms with van der Waals surface area (Å²) in [5.41, 5.74) is 2.09. The highest BCUT2D eigenvalue weighted by Crippen LogP contribution is 2.15. The van der Waals surface area contributed by atoms with E-state index in [1.165, 1.54) is 0 Å². The number of hydrogen-bond donors (Lipinski definition) is 2. The molecule has 0 unspecified atom stereocenters. The Morgan fingerprint density at radius 2 is 1.79 bits per heavy atom. The number of halogens is 1. The van der Waals surface area contributed by atoms with Gasteiger partial charge in [-0.2, -0.15) is 0 Å². The van der Waals surface area contributed by atoms with Crippen molar-refractivity contribution in [2.75, 3.05) is 11.9 Å². The van der Waals surface area contributed by atoms with Crippen LogP contribution in [-0.2, 0) is 6.42 Å². The highest BCUT2D eigenvalue weighted by Gasteiger charge is 2.07. The van der Waals surface area contributed by atoms with Crippen LogP contribution in [0.25, 0.3) is 0 Å². The average molecular weight is 276 g/mol. The molecular formula is C15H14ClNO2. The second-order valence-corrected chi connectivity index (χ2v) is 4.59. The molecule has 0 aliphatic rings. The van der Waals surface area contributed by atoms with Gasteiger partial charge in [0.05, 0.1) is 5.56 Å². The zero-order valence-corrected chi connectivity index (χ0v) is 11.0. The van der Waals surface area contributed by atoms with Crippen LogP contribution in [0.5, 0.6) is 0 Å². The number of carbonyl (C=O) groups is 1. The van der Waals surface area contributed by atoms with Gasteiger partial charge in [0.2, 0.25) is 0 Å². The molecule has 4 heteroatoms. The Hall–Kier alpha value is -2.00. The van der Waals surface area contributed by atoms with E-state index >= 15 is 0 Å². The van der Waals surface area contributed by atoms with E-state index in [-0.39, 0.29) is 0 Å². The summed E-state index contributed by atoms with van der Waals surface area (Å²) in [5.74, 6) is -0.922. The minimum absolute atomic E-state index is 0.290. The minimum Gasteiger partial charge on any atom is -0.478 e. The minimum atomic E-state index is -0.922. The molecule has 0 saturated carbocycles. The van der Waals surface area contributed by atoms with E-state index in [2.05, 4.69) is 5.32 Å². The molecule has 0 heterocycles. The summed E-state index contributed by atoms with van der Waals surface area (Å²) in [4.78, 5) is 11.0. The van der Waals surface area contributed by atoms with Crippen molar-refractivity contribution in [3.8, 4) is 0 Å². The molecule has 0 spiro atoms. The Labute approximate surface area is 116 Å². The van der Waals surface area contributed by atoms with Gasteiger partial charge in [-0.3, -0.25) is 0 Å². The van der Waals surface area contributed by atoms with Crippen LogP contribution >= 0.6 is 11.6 Å². The van der Waals surface area contributed by atoms with Gasteiger partial charge in [-0.1, -0.05) is 35.9 Å². The van der Waals surface area contributed by atoms with Crippen molar-refractivity contribution >= 4 is 23.3 Å². The van der Waals surface area contributed by atoms with Crippen LogP contribution in [-0.4, -0.2) is 17.6 Å². The first-order valence-corrected chi connectivity index (χ1v) is 6.35. The molecule has 0 radical (unpaired) electrons. The summed E-state index contributed by atoms with van der Waals surface area (Å²) < 4.78 is 0. The molecular weight excluding hydrogens is 262 g/mol. The number of para-hydroxylation sites is 1. The second-order valence-electron chi connectivity index (χ2n) is 4.15. The van der Waals surface area contributed by atoms with E-state index < -0.39 is 5.97 Å². The monoisotopic (exact) mass is 275 g/mol. The van der Waals surface area contributed by atoms with Gasteiger partial charge in [-0.05, 0) is 36.2 Å². The first-order valence-electron chi connectivity index (χ1n) is 5.97. The summed E-state index contributed by atoms with van der Waals surface area (Å²) in [7, 11) is 0. The fraction of sp³-hybridized carbons (Fsp3) is 0.133. The molecule has 0 aliphatic carbocycles. The maximum Gasteiger partial charge on any atom is 0.337 e. The zero-order chi connectivity index (χ0) is 13.7. The topological polar surface area (TPSA) is 49.3 Å². The van der Waals surface area contributed by atoms with E-state index in [0.29, 0.717) is 22.8 Å². The third kappa shape index (κ3) is 3.73. The molecule has 0 saturated heterocycles. The van der Waals surface area contributed by atoms with Gasteiger partial charge in [-0.25, -0.2) is 4.79 Å². The average Bonchev–Trinajstić information content (AvgIpc) is 2.41. The van der Waals surface area contributed by atoms with Gasteiger partial charge in [0.15, 0.2) is 0 Å². The lowest BCUT2D eigenvalue weighted by Crippen LogP contribution is -2.09. The number of aromatic carboxylic acids is 1. The Bertz CT molecular complexity index is 567. The maximum absolute atomic E-state index is 11.0. The third-order valence-electron chi connectivity index (χ3n) is 2.80. The zero-order valence-electron chi connectivity index (χ0n) is 10.3. The van der Waals surface area contributed by atoms with Crippen LogP contribution in [0.15, 0.2) is 48.5 Å². The molecule has 2 aromatic rings. The number of hydrogen-bond acceptors (Lipinski definition) is 2. The van der Waals surface area contributed by atoms with Crippen LogP contribution in [0.4, 0.5) is 5.69 Å². The van der Waals surface area contributed by atoms with Gasteiger partial charge in [-0.15, -0.1) is 0 Å². The van der Waals surface area contributed by atoms with Gasteiger partial charge in [0.25, 0.3) is 0 Å². The molecule has 0 bridgehead atoms. The smallest absolute Gasteiger partial charge is 0.337 e. The van der Waals surface area contributed by atoms with Crippen LogP contribution < -0.4 is 5.32 Å². The predicted octanol–water partition coefficient (Wildman–Crippen LogP) is 3.69.